The molecule has 7 nitrogen and oxygen atoms in total. The third kappa shape index (κ3) is 3.90. The molecule has 0 bridgehead atoms. The zero-order valence-corrected chi connectivity index (χ0v) is 16.4. The third-order valence-electron chi connectivity index (χ3n) is 4.81. The molecular formula is C19H24N6OS. The van der Waals surface area contributed by atoms with Crippen molar-refractivity contribution in [2.24, 2.45) is 0 Å². The van der Waals surface area contributed by atoms with Gasteiger partial charge in [0.1, 0.15) is 5.82 Å². The van der Waals surface area contributed by atoms with Crippen molar-refractivity contribution in [3.63, 3.8) is 0 Å². The lowest BCUT2D eigenvalue weighted by Gasteiger charge is -2.23. The minimum absolute atomic E-state index is 0.0392. The number of nitrogens with zero attached hydrogens (tertiary/aromatic N) is 4. The molecule has 1 saturated heterocycles. The van der Waals surface area contributed by atoms with Crippen LogP contribution in [0.2, 0.25) is 0 Å². The number of carbonyl (C=O) groups is 1. The maximum absolute atomic E-state index is 12.7. The summed E-state index contributed by atoms with van der Waals surface area (Å²) in [6, 6.07) is 8.02. The highest BCUT2D eigenvalue weighted by atomic mass is 32.1. The Morgan fingerprint density at radius 1 is 1.26 bits per heavy atom. The van der Waals surface area contributed by atoms with E-state index in [1.165, 1.54) is 4.70 Å². The number of thiazole rings is 1. The van der Waals surface area contributed by atoms with Crippen LogP contribution in [0.1, 0.15) is 30.9 Å². The van der Waals surface area contributed by atoms with Gasteiger partial charge in [0.2, 0.25) is 0 Å². The largest absolute Gasteiger partial charge is 0.346 e. The van der Waals surface area contributed by atoms with Gasteiger partial charge < -0.3 is 20.1 Å². The fourth-order valence-electron chi connectivity index (χ4n) is 3.30. The van der Waals surface area contributed by atoms with Gasteiger partial charge in [-0.1, -0.05) is 23.5 Å². The van der Waals surface area contributed by atoms with Crippen LogP contribution in [0.25, 0.3) is 10.2 Å². The number of fused-ring (bicyclic) bond motifs is 1. The number of aryl methyl sites for hydroxylation is 1. The zero-order valence-electron chi connectivity index (χ0n) is 15.6. The molecule has 1 unspecified atom stereocenters. The van der Waals surface area contributed by atoms with Crippen LogP contribution in [-0.2, 0) is 0 Å². The van der Waals surface area contributed by atoms with Gasteiger partial charge in [-0.2, -0.15) is 0 Å². The van der Waals surface area contributed by atoms with E-state index in [0.717, 1.165) is 48.2 Å². The Kier molecular flexibility index (Phi) is 4.98. The van der Waals surface area contributed by atoms with Crippen molar-refractivity contribution in [3.05, 3.63) is 42.0 Å². The van der Waals surface area contributed by atoms with Crippen molar-refractivity contribution in [1.82, 2.24) is 25.2 Å². The molecule has 3 aromatic rings. The normalized spacial score (nSPS) is 16.4. The van der Waals surface area contributed by atoms with E-state index in [0.29, 0.717) is 6.54 Å². The number of benzene rings is 1. The van der Waals surface area contributed by atoms with Gasteiger partial charge in [-0.3, -0.25) is 0 Å². The van der Waals surface area contributed by atoms with Gasteiger partial charge in [-0.25, -0.2) is 14.8 Å². The Morgan fingerprint density at radius 3 is 2.89 bits per heavy atom. The molecule has 0 spiro atoms. The van der Waals surface area contributed by atoms with Gasteiger partial charge in [-0.15, -0.1) is 0 Å². The molecule has 2 aromatic heterocycles. The van der Waals surface area contributed by atoms with E-state index in [1.54, 1.807) is 17.5 Å². The molecule has 0 aliphatic carbocycles. The first kappa shape index (κ1) is 17.8. The molecule has 1 aliphatic heterocycles. The second kappa shape index (κ2) is 7.56. The van der Waals surface area contributed by atoms with Crippen LogP contribution in [0, 0.1) is 6.92 Å². The molecule has 1 aromatic carbocycles. The number of anilines is 1. The minimum Gasteiger partial charge on any atom is -0.346 e. The third-order valence-corrected chi connectivity index (χ3v) is 5.91. The number of carbonyl (C=O) groups excluding carboxylic acids is 1. The van der Waals surface area contributed by atoms with E-state index < -0.39 is 0 Å². The summed E-state index contributed by atoms with van der Waals surface area (Å²) in [7, 11) is 0. The number of amides is 2. The lowest BCUT2D eigenvalue weighted by molar-refractivity contribution is 0.197. The number of H-pyrrole nitrogens is 1. The van der Waals surface area contributed by atoms with Gasteiger partial charge in [0.25, 0.3) is 0 Å². The molecule has 1 aliphatic rings. The predicted octanol–water partition coefficient (Wildman–Crippen LogP) is 3.31. The highest BCUT2D eigenvalue weighted by Gasteiger charge is 2.22. The first-order valence-corrected chi connectivity index (χ1v) is 10.1. The molecule has 0 saturated carbocycles. The SMILES string of the molecule is Cc1cnc(C(C)NC(=O)N2CCCN(c3nc4ccccc4s3)CC2)[nH]1. The maximum atomic E-state index is 12.7. The van der Waals surface area contributed by atoms with Crippen molar-refractivity contribution in [2.45, 2.75) is 26.3 Å². The summed E-state index contributed by atoms with van der Waals surface area (Å²) >= 11 is 1.72. The summed E-state index contributed by atoms with van der Waals surface area (Å²) in [6.07, 6.45) is 2.71. The van der Waals surface area contributed by atoms with Gasteiger partial charge in [0.05, 0.1) is 16.3 Å². The molecular weight excluding hydrogens is 360 g/mol. The molecule has 2 amide bonds. The number of hydrogen-bond donors (Lipinski definition) is 2. The zero-order chi connectivity index (χ0) is 18.8. The highest BCUT2D eigenvalue weighted by Crippen LogP contribution is 2.29. The van der Waals surface area contributed by atoms with Crippen molar-refractivity contribution < 1.29 is 4.79 Å². The van der Waals surface area contributed by atoms with E-state index in [2.05, 4.69) is 26.3 Å². The van der Waals surface area contributed by atoms with Gasteiger partial charge in [-0.05, 0) is 32.4 Å². The lowest BCUT2D eigenvalue weighted by atomic mass is 10.3. The van der Waals surface area contributed by atoms with Crippen LogP contribution in [0.4, 0.5) is 9.93 Å². The monoisotopic (exact) mass is 384 g/mol. The molecule has 8 heteroatoms. The summed E-state index contributed by atoms with van der Waals surface area (Å²) in [6.45, 7) is 7.04. The van der Waals surface area contributed by atoms with Crippen LogP contribution >= 0.6 is 11.3 Å². The molecule has 3 heterocycles. The summed E-state index contributed by atoms with van der Waals surface area (Å²) in [5.41, 5.74) is 2.03. The number of aromatic nitrogens is 3. The average molecular weight is 385 g/mol. The molecule has 1 fully saturated rings. The van der Waals surface area contributed by atoms with E-state index >= 15 is 0 Å². The fourth-order valence-corrected chi connectivity index (χ4v) is 4.32. The Balaban J connectivity index is 1.38. The van der Waals surface area contributed by atoms with E-state index in [-0.39, 0.29) is 12.1 Å². The van der Waals surface area contributed by atoms with Crippen LogP contribution in [0.5, 0.6) is 0 Å². The summed E-state index contributed by atoms with van der Waals surface area (Å²) in [4.78, 5) is 29.1. The first-order valence-electron chi connectivity index (χ1n) is 9.27. The Morgan fingerprint density at radius 2 is 2.11 bits per heavy atom. The average Bonchev–Trinajstić information content (AvgIpc) is 3.20. The highest BCUT2D eigenvalue weighted by molar-refractivity contribution is 7.22. The number of para-hydroxylation sites is 1. The smallest absolute Gasteiger partial charge is 0.318 e. The Bertz CT molecular complexity index is 902. The number of imidazole rings is 1. The lowest BCUT2D eigenvalue weighted by Crippen LogP contribution is -2.43. The summed E-state index contributed by atoms with van der Waals surface area (Å²) in [5, 5.41) is 4.08. The number of aromatic amines is 1. The Labute approximate surface area is 162 Å². The number of urea groups is 1. The Hall–Kier alpha value is -2.61. The number of rotatable bonds is 3. The standard InChI is InChI=1S/C19H24N6OS/c1-13-12-20-17(21-13)14(2)22-18(26)24-8-5-9-25(11-10-24)19-23-15-6-3-4-7-16(15)27-19/h3-4,6-7,12,14H,5,8-11H2,1-2H3,(H,20,21)(H,22,26). The van der Waals surface area contributed by atoms with Crippen molar-refractivity contribution in [1.29, 1.82) is 0 Å². The van der Waals surface area contributed by atoms with E-state index in [1.807, 2.05) is 36.9 Å². The fraction of sp³-hybridized carbons (Fsp3) is 0.421. The van der Waals surface area contributed by atoms with Gasteiger partial charge in [0, 0.05) is 38.1 Å². The first-order chi connectivity index (χ1) is 13.1. The van der Waals surface area contributed by atoms with Gasteiger partial charge >= 0.3 is 6.03 Å². The van der Waals surface area contributed by atoms with E-state index in [4.69, 9.17) is 4.98 Å². The predicted molar refractivity (Wildman–Crippen MR) is 108 cm³/mol. The molecule has 0 radical (unpaired) electrons. The summed E-state index contributed by atoms with van der Waals surface area (Å²) in [5.74, 6) is 0.784. The van der Waals surface area contributed by atoms with Crippen molar-refractivity contribution in [2.75, 3.05) is 31.1 Å². The minimum atomic E-state index is -0.144. The van der Waals surface area contributed by atoms with Crippen molar-refractivity contribution in [3.8, 4) is 0 Å². The van der Waals surface area contributed by atoms with Crippen LogP contribution in [0.3, 0.4) is 0 Å². The number of hydrogen-bond acceptors (Lipinski definition) is 5. The maximum Gasteiger partial charge on any atom is 0.318 e. The second-order valence-electron chi connectivity index (χ2n) is 6.91. The summed E-state index contributed by atoms with van der Waals surface area (Å²) < 4.78 is 1.20. The van der Waals surface area contributed by atoms with Crippen molar-refractivity contribution >= 4 is 32.7 Å². The molecule has 142 valence electrons. The molecule has 27 heavy (non-hydrogen) atoms. The van der Waals surface area contributed by atoms with Crippen LogP contribution in [0.15, 0.2) is 30.5 Å². The quantitative estimate of drug-likeness (QED) is 0.726. The number of nitrogens with one attached hydrogen (secondary N) is 2. The van der Waals surface area contributed by atoms with Gasteiger partial charge in [0.15, 0.2) is 5.13 Å². The van der Waals surface area contributed by atoms with Crippen LogP contribution < -0.4 is 10.2 Å². The molecule has 2 N–H and O–H groups in total. The molecule has 4 rings (SSSR count). The molecule has 1 atom stereocenters. The topological polar surface area (TPSA) is 77.2 Å². The van der Waals surface area contributed by atoms with E-state index in [9.17, 15) is 4.79 Å². The second-order valence-corrected chi connectivity index (χ2v) is 7.92. The van der Waals surface area contributed by atoms with Crippen LogP contribution in [-0.4, -0.2) is 52.1 Å².